The van der Waals surface area contributed by atoms with Crippen molar-refractivity contribution in [3.05, 3.63) is 133 Å². The van der Waals surface area contributed by atoms with Crippen molar-refractivity contribution in [2.45, 2.75) is 0 Å². The molecule has 0 aliphatic heterocycles. The molecule has 0 aliphatic rings. The number of halogens is 1. The Balaban J connectivity index is 1.19. The fourth-order valence-corrected chi connectivity index (χ4v) is 6.69. The van der Waals surface area contributed by atoms with E-state index in [9.17, 15) is 4.39 Å². The third kappa shape index (κ3) is 3.84. The number of nitrogens with one attached hydrogen (secondary N) is 1. The summed E-state index contributed by atoms with van der Waals surface area (Å²) in [6.45, 7) is 0. The molecule has 0 amide bonds. The van der Waals surface area contributed by atoms with E-state index < -0.39 is 0 Å². The molecule has 1 N–H and O–H groups in total. The van der Waals surface area contributed by atoms with Crippen molar-refractivity contribution in [2.24, 2.45) is 0 Å². The highest BCUT2D eigenvalue weighted by molar-refractivity contribution is 7.26. The van der Waals surface area contributed by atoms with Gasteiger partial charge in [0.25, 0.3) is 0 Å². The Kier molecular flexibility index (Phi) is 5.22. The second-order valence-electron chi connectivity index (χ2n) is 10.0. The predicted octanol–water partition coefficient (Wildman–Crippen LogP) is 11.2. The molecule has 8 aromatic rings. The topological polar surface area (TPSA) is 25.2 Å². The number of furan rings is 1. The zero-order valence-corrected chi connectivity index (χ0v) is 22.1. The van der Waals surface area contributed by atoms with E-state index in [-0.39, 0.29) is 5.82 Å². The van der Waals surface area contributed by atoms with Crippen molar-refractivity contribution >= 4 is 64.8 Å². The Labute approximate surface area is 233 Å². The standard InChI is InChI=1S/C36H22FNOS/c37-26-13-9-23(10-14-26)25-11-16-28-29-17-15-27(21-33(29)39-32(28)20-25)38-31-7-4-8-35-36(31)30-19-24(12-18-34(30)40-35)22-5-2-1-3-6-22/h1-21,38H. The molecule has 0 fully saturated rings. The first kappa shape index (κ1) is 23.0. The molecule has 40 heavy (non-hydrogen) atoms. The fourth-order valence-electron chi connectivity index (χ4n) is 5.57. The van der Waals surface area contributed by atoms with E-state index in [2.05, 4.69) is 96.3 Å². The van der Waals surface area contributed by atoms with Gasteiger partial charge in [0.2, 0.25) is 0 Å². The zero-order chi connectivity index (χ0) is 26.6. The van der Waals surface area contributed by atoms with Gasteiger partial charge in [0.15, 0.2) is 0 Å². The van der Waals surface area contributed by atoms with Crippen LogP contribution in [0.1, 0.15) is 0 Å². The lowest BCUT2D eigenvalue weighted by molar-refractivity contribution is 0.628. The number of thiophene rings is 1. The molecule has 0 spiro atoms. The molecule has 0 bridgehead atoms. The van der Waals surface area contributed by atoms with Gasteiger partial charge < -0.3 is 9.73 Å². The monoisotopic (exact) mass is 535 g/mol. The van der Waals surface area contributed by atoms with E-state index in [1.165, 1.54) is 43.4 Å². The summed E-state index contributed by atoms with van der Waals surface area (Å²) in [7, 11) is 0. The van der Waals surface area contributed by atoms with Gasteiger partial charge in [-0.05, 0) is 82.9 Å². The van der Waals surface area contributed by atoms with Crippen LogP contribution in [-0.4, -0.2) is 0 Å². The third-order valence-electron chi connectivity index (χ3n) is 7.53. The number of benzene rings is 6. The third-order valence-corrected chi connectivity index (χ3v) is 8.67. The van der Waals surface area contributed by atoms with E-state index >= 15 is 0 Å². The van der Waals surface area contributed by atoms with Crippen LogP contribution in [0.25, 0.3) is 64.4 Å². The van der Waals surface area contributed by atoms with Gasteiger partial charge in [0, 0.05) is 48.4 Å². The van der Waals surface area contributed by atoms with Crippen molar-refractivity contribution < 1.29 is 8.81 Å². The molecule has 0 radical (unpaired) electrons. The second-order valence-corrected chi connectivity index (χ2v) is 11.1. The van der Waals surface area contributed by atoms with Crippen LogP contribution in [0.5, 0.6) is 0 Å². The van der Waals surface area contributed by atoms with Crippen LogP contribution in [0.3, 0.4) is 0 Å². The van der Waals surface area contributed by atoms with Crippen molar-refractivity contribution in [3.8, 4) is 22.3 Å². The largest absolute Gasteiger partial charge is 0.456 e. The van der Waals surface area contributed by atoms with Crippen LogP contribution in [-0.2, 0) is 0 Å². The van der Waals surface area contributed by atoms with Crippen molar-refractivity contribution in [1.29, 1.82) is 0 Å². The quantitative estimate of drug-likeness (QED) is 0.242. The number of hydrogen-bond donors (Lipinski definition) is 1. The number of rotatable bonds is 4. The van der Waals surface area contributed by atoms with Crippen molar-refractivity contribution in [3.63, 3.8) is 0 Å². The Morgan fingerprint density at radius 3 is 2.08 bits per heavy atom. The van der Waals surface area contributed by atoms with Crippen LogP contribution in [0, 0.1) is 5.82 Å². The predicted molar refractivity (Wildman–Crippen MR) is 167 cm³/mol. The maximum absolute atomic E-state index is 13.4. The number of hydrogen-bond acceptors (Lipinski definition) is 3. The molecule has 2 nitrogen and oxygen atoms in total. The summed E-state index contributed by atoms with van der Waals surface area (Å²) in [6, 6.07) is 42.7. The maximum Gasteiger partial charge on any atom is 0.137 e. The van der Waals surface area contributed by atoms with Crippen LogP contribution < -0.4 is 5.32 Å². The number of anilines is 2. The first-order valence-electron chi connectivity index (χ1n) is 13.2. The highest BCUT2D eigenvalue weighted by atomic mass is 32.1. The highest BCUT2D eigenvalue weighted by Crippen LogP contribution is 2.41. The fraction of sp³-hybridized carbons (Fsp3) is 0. The number of fused-ring (bicyclic) bond motifs is 6. The lowest BCUT2D eigenvalue weighted by atomic mass is 10.0. The molecule has 4 heteroatoms. The summed E-state index contributed by atoms with van der Waals surface area (Å²) in [6.07, 6.45) is 0. The van der Waals surface area contributed by atoms with Crippen LogP contribution >= 0.6 is 11.3 Å². The van der Waals surface area contributed by atoms with E-state index in [4.69, 9.17) is 4.42 Å². The van der Waals surface area contributed by atoms with Gasteiger partial charge in [0.05, 0.1) is 0 Å². The molecular formula is C36H22FNOS. The van der Waals surface area contributed by atoms with Gasteiger partial charge in [-0.15, -0.1) is 11.3 Å². The molecule has 2 aromatic heterocycles. The van der Waals surface area contributed by atoms with E-state index in [0.717, 1.165) is 44.4 Å². The Morgan fingerprint density at radius 2 is 1.23 bits per heavy atom. The summed E-state index contributed by atoms with van der Waals surface area (Å²) in [5, 5.41) is 8.29. The normalized spacial score (nSPS) is 11.6. The van der Waals surface area contributed by atoms with E-state index in [0.29, 0.717) is 0 Å². The first-order valence-corrected chi connectivity index (χ1v) is 14.0. The molecule has 0 aliphatic carbocycles. The molecule has 8 rings (SSSR count). The summed E-state index contributed by atoms with van der Waals surface area (Å²) in [4.78, 5) is 0. The minimum absolute atomic E-state index is 0.239. The second kappa shape index (κ2) is 9.08. The molecule has 2 heterocycles. The molecule has 0 unspecified atom stereocenters. The maximum atomic E-state index is 13.4. The Hall–Kier alpha value is -4.93. The van der Waals surface area contributed by atoms with Gasteiger partial charge in [-0.2, -0.15) is 0 Å². The summed E-state index contributed by atoms with van der Waals surface area (Å²) >= 11 is 1.82. The minimum Gasteiger partial charge on any atom is -0.456 e. The van der Waals surface area contributed by atoms with E-state index in [1.807, 2.05) is 23.5 Å². The van der Waals surface area contributed by atoms with Crippen LogP contribution in [0.4, 0.5) is 15.8 Å². The molecule has 0 atom stereocenters. The average molecular weight is 536 g/mol. The van der Waals surface area contributed by atoms with Gasteiger partial charge in [-0.3, -0.25) is 0 Å². The SMILES string of the molecule is Fc1ccc(-c2ccc3c(c2)oc2cc(Nc4cccc5sc6ccc(-c7ccccc7)cc6c45)ccc23)cc1. The summed E-state index contributed by atoms with van der Waals surface area (Å²) < 4.78 is 22.2. The van der Waals surface area contributed by atoms with Gasteiger partial charge in [0.1, 0.15) is 17.0 Å². The van der Waals surface area contributed by atoms with Gasteiger partial charge in [-0.25, -0.2) is 4.39 Å². The minimum atomic E-state index is -0.239. The average Bonchev–Trinajstić information content (AvgIpc) is 3.55. The molecule has 6 aromatic carbocycles. The summed E-state index contributed by atoms with van der Waals surface area (Å²) in [5.74, 6) is -0.239. The molecular weight excluding hydrogens is 513 g/mol. The van der Waals surface area contributed by atoms with Crippen molar-refractivity contribution in [2.75, 3.05) is 5.32 Å². The first-order chi connectivity index (χ1) is 19.7. The van der Waals surface area contributed by atoms with Crippen LogP contribution in [0.15, 0.2) is 132 Å². The van der Waals surface area contributed by atoms with Gasteiger partial charge >= 0.3 is 0 Å². The van der Waals surface area contributed by atoms with Crippen molar-refractivity contribution in [1.82, 2.24) is 0 Å². The van der Waals surface area contributed by atoms with Gasteiger partial charge in [-0.1, -0.05) is 60.7 Å². The molecule has 0 saturated carbocycles. The lowest BCUT2D eigenvalue weighted by Crippen LogP contribution is -1.90. The highest BCUT2D eigenvalue weighted by Gasteiger charge is 2.13. The lowest BCUT2D eigenvalue weighted by Gasteiger charge is -2.09. The Morgan fingerprint density at radius 1 is 0.525 bits per heavy atom. The smallest absolute Gasteiger partial charge is 0.137 e. The van der Waals surface area contributed by atoms with E-state index in [1.54, 1.807) is 12.1 Å². The Bertz CT molecular complexity index is 2190. The molecule has 190 valence electrons. The zero-order valence-electron chi connectivity index (χ0n) is 21.3. The molecule has 0 saturated heterocycles. The van der Waals surface area contributed by atoms with Crippen LogP contribution in [0.2, 0.25) is 0 Å². The summed E-state index contributed by atoms with van der Waals surface area (Å²) in [5.41, 5.74) is 8.06.